The van der Waals surface area contributed by atoms with Crippen molar-refractivity contribution in [1.29, 1.82) is 0 Å². The van der Waals surface area contributed by atoms with E-state index in [0.29, 0.717) is 13.0 Å². The minimum atomic E-state index is -0.265. The average molecular weight is 243 g/mol. The molecule has 4 heteroatoms. The number of likely N-dealkylation sites (N-methyl/N-ethyl adjacent to an activating group) is 1. The third-order valence-electron chi connectivity index (χ3n) is 3.66. The molecule has 1 aliphatic rings. The molecule has 0 aromatic carbocycles. The van der Waals surface area contributed by atoms with Crippen LogP contribution in [0.15, 0.2) is 0 Å². The minimum absolute atomic E-state index is 0.265. The molecule has 1 heterocycles. The Balaban J connectivity index is 2.12. The number of nitrogens with two attached hydrogens (primary N) is 1. The van der Waals surface area contributed by atoms with Gasteiger partial charge in [-0.05, 0) is 65.3 Å². The van der Waals surface area contributed by atoms with Gasteiger partial charge in [0, 0.05) is 13.1 Å². The lowest BCUT2D eigenvalue weighted by Crippen LogP contribution is -2.36. The largest absolute Gasteiger partial charge is 0.392 e. The maximum absolute atomic E-state index is 9.67. The molecule has 1 saturated heterocycles. The first kappa shape index (κ1) is 14.9. The zero-order valence-electron chi connectivity index (χ0n) is 11.4. The van der Waals surface area contributed by atoms with Crippen LogP contribution in [0.4, 0.5) is 0 Å². The van der Waals surface area contributed by atoms with Gasteiger partial charge in [0.2, 0.25) is 0 Å². The van der Waals surface area contributed by atoms with Gasteiger partial charge in [0.05, 0.1) is 6.10 Å². The average Bonchev–Trinajstić information content (AvgIpc) is 2.27. The fourth-order valence-electron chi connectivity index (χ4n) is 2.65. The summed E-state index contributed by atoms with van der Waals surface area (Å²) in [7, 11) is 4.30. The summed E-state index contributed by atoms with van der Waals surface area (Å²) in [6.07, 6.45) is 4.38. The monoisotopic (exact) mass is 243 g/mol. The van der Waals surface area contributed by atoms with Crippen molar-refractivity contribution < 1.29 is 5.11 Å². The van der Waals surface area contributed by atoms with E-state index >= 15 is 0 Å². The van der Waals surface area contributed by atoms with Crippen molar-refractivity contribution >= 4 is 0 Å². The Morgan fingerprint density at radius 2 is 2.29 bits per heavy atom. The maximum Gasteiger partial charge on any atom is 0.0679 e. The van der Waals surface area contributed by atoms with Gasteiger partial charge in [0.1, 0.15) is 0 Å². The van der Waals surface area contributed by atoms with Gasteiger partial charge in [0.15, 0.2) is 0 Å². The van der Waals surface area contributed by atoms with Crippen molar-refractivity contribution in [3.05, 3.63) is 0 Å². The summed E-state index contributed by atoms with van der Waals surface area (Å²) in [6.45, 7) is 4.89. The molecule has 0 saturated carbocycles. The number of rotatable bonds is 7. The Morgan fingerprint density at radius 3 is 2.94 bits per heavy atom. The molecule has 1 aliphatic heterocycles. The van der Waals surface area contributed by atoms with Crippen LogP contribution in [0.25, 0.3) is 0 Å². The Kier molecular flexibility index (Phi) is 7.04. The molecule has 0 aliphatic carbocycles. The molecule has 0 bridgehead atoms. The molecule has 1 rings (SSSR count). The number of hydrogen-bond acceptors (Lipinski definition) is 4. The van der Waals surface area contributed by atoms with Crippen LogP contribution in [-0.2, 0) is 0 Å². The maximum atomic E-state index is 9.67. The topological polar surface area (TPSA) is 52.7 Å². The van der Waals surface area contributed by atoms with Crippen LogP contribution in [-0.4, -0.2) is 67.8 Å². The molecular weight excluding hydrogens is 214 g/mol. The molecule has 4 nitrogen and oxygen atoms in total. The van der Waals surface area contributed by atoms with Crippen LogP contribution >= 0.6 is 0 Å². The molecule has 2 unspecified atom stereocenters. The highest BCUT2D eigenvalue weighted by molar-refractivity contribution is 4.72. The molecule has 0 aromatic heterocycles. The van der Waals surface area contributed by atoms with Crippen LogP contribution in [0.5, 0.6) is 0 Å². The fraction of sp³-hybridized carbons (Fsp3) is 1.00. The van der Waals surface area contributed by atoms with E-state index in [1.165, 1.54) is 32.4 Å². The van der Waals surface area contributed by atoms with E-state index in [0.717, 1.165) is 19.0 Å². The van der Waals surface area contributed by atoms with Gasteiger partial charge in [-0.1, -0.05) is 0 Å². The number of aliphatic hydroxyl groups is 1. The molecule has 0 radical (unpaired) electrons. The van der Waals surface area contributed by atoms with Crippen LogP contribution in [0.2, 0.25) is 0 Å². The van der Waals surface area contributed by atoms with E-state index in [4.69, 9.17) is 5.73 Å². The lowest BCUT2D eigenvalue weighted by molar-refractivity contribution is 0.112. The van der Waals surface area contributed by atoms with E-state index < -0.39 is 0 Å². The third-order valence-corrected chi connectivity index (χ3v) is 3.66. The molecule has 0 spiro atoms. The van der Waals surface area contributed by atoms with Crippen LogP contribution in [0, 0.1) is 5.92 Å². The van der Waals surface area contributed by atoms with E-state index in [2.05, 4.69) is 23.9 Å². The van der Waals surface area contributed by atoms with Gasteiger partial charge in [-0.25, -0.2) is 0 Å². The van der Waals surface area contributed by atoms with Gasteiger partial charge in [-0.3, -0.25) is 0 Å². The van der Waals surface area contributed by atoms with E-state index in [1.807, 2.05) is 0 Å². The Hall–Kier alpha value is -0.160. The lowest BCUT2D eigenvalue weighted by atomic mass is 9.95. The Labute approximate surface area is 106 Å². The summed E-state index contributed by atoms with van der Waals surface area (Å²) < 4.78 is 0. The van der Waals surface area contributed by atoms with Crippen molar-refractivity contribution in [2.24, 2.45) is 11.7 Å². The number of aliphatic hydroxyl groups excluding tert-OH is 1. The lowest BCUT2D eigenvalue weighted by Gasteiger charge is -2.31. The molecule has 2 atom stereocenters. The molecule has 102 valence electrons. The van der Waals surface area contributed by atoms with Gasteiger partial charge >= 0.3 is 0 Å². The van der Waals surface area contributed by atoms with Crippen molar-refractivity contribution in [3.8, 4) is 0 Å². The second-order valence-corrected chi connectivity index (χ2v) is 5.55. The second kappa shape index (κ2) is 8.03. The number of hydrogen-bond donors (Lipinski definition) is 2. The van der Waals surface area contributed by atoms with Crippen molar-refractivity contribution in [2.45, 2.75) is 31.8 Å². The Morgan fingerprint density at radius 1 is 1.53 bits per heavy atom. The SMILES string of the molecule is CN(CCC1CCCN(C)C1)CC(O)CCN. The van der Waals surface area contributed by atoms with Crippen molar-refractivity contribution in [3.63, 3.8) is 0 Å². The quantitative estimate of drug-likeness (QED) is 0.678. The van der Waals surface area contributed by atoms with Crippen LogP contribution < -0.4 is 5.73 Å². The normalized spacial score (nSPS) is 24.2. The summed E-state index contributed by atoms with van der Waals surface area (Å²) in [6, 6.07) is 0. The van der Waals surface area contributed by atoms with Crippen molar-refractivity contribution in [2.75, 3.05) is 46.8 Å². The first-order chi connectivity index (χ1) is 8.11. The fourth-order valence-corrected chi connectivity index (χ4v) is 2.65. The van der Waals surface area contributed by atoms with E-state index in [9.17, 15) is 5.11 Å². The molecule has 1 fully saturated rings. The van der Waals surface area contributed by atoms with Crippen molar-refractivity contribution in [1.82, 2.24) is 9.80 Å². The first-order valence-electron chi connectivity index (χ1n) is 6.87. The smallest absolute Gasteiger partial charge is 0.0679 e. The predicted molar refractivity (Wildman–Crippen MR) is 72.0 cm³/mol. The van der Waals surface area contributed by atoms with E-state index in [-0.39, 0.29) is 6.10 Å². The zero-order valence-corrected chi connectivity index (χ0v) is 11.4. The standard InChI is InChI=1S/C13H29N3O/c1-15-8-3-4-12(10-15)6-9-16(2)11-13(17)5-7-14/h12-13,17H,3-11,14H2,1-2H3. The molecule has 3 N–H and O–H groups in total. The highest BCUT2D eigenvalue weighted by atomic mass is 16.3. The highest BCUT2D eigenvalue weighted by Gasteiger charge is 2.17. The molecule has 17 heavy (non-hydrogen) atoms. The first-order valence-corrected chi connectivity index (χ1v) is 6.87. The molecule has 0 aromatic rings. The Bertz CT molecular complexity index is 201. The van der Waals surface area contributed by atoms with Crippen LogP contribution in [0.3, 0.4) is 0 Å². The number of likely N-dealkylation sites (tertiary alicyclic amines) is 1. The van der Waals surface area contributed by atoms with Gasteiger partial charge < -0.3 is 20.6 Å². The summed E-state index contributed by atoms with van der Waals surface area (Å²) in [4.78, 5) is 4.66. The van der Waals surface area contributed by atoms with Crippen LogP contribution in [0.1, 0.15) is 25.7 Å². The zero-order chi connectivity index (χ0) is 12.7. The summed E-state index contributed by atoms with van der Waals surface area (Å²) >= 11 is 0. The predicted octanol–water partition coefficient (Wildman–Crippen LogP) is 0.360. The van der Waals surface area contributed by atoms with Gasteiger partial charge in [0.25, 0.3) is 0 Å². The molecular formula is C13H29N3O. The van der Waals surface area contributed by atoms with Gasteiger partial charge in [-0.15, -0.1) is 0 Å². The summed E-state index contributed by atoms with van der Waals surface area (Å²) in [5, 5.41) is 9.67. The summed E-state index contributed by atoms with van der Waals surface area (Å²) in [5.74, 6) is 0.836. The van der Waals surface area contributed by atoms with E-state index in [1.54, 1.807) is 0 Å². The van der Waals surface area contributed by atoms with Gasteiger partial charge in [-0.2, -0.15) is 0 Å². The summed E-state index contributed by atoms with van der Waals surface area (Å²) in [5.41, 5.74) is 5.43. The number of nitrogens with zero attached hydrogens (tertiary/aromatic N) is 2. The third kappa shape index (κ3) is 6.36. The second-order valence-electron chi connectivity index (χ2n) is 5.55. The molecule has 0 amide bonds. The number of piperidine rings is 1. The minimum Gasteiger partial charge on any atom is -0.392 e. The highest BCUT2D eigenvalue weighted by Crippen LogP contribution is 2.18.